The molecule has 0 radical (unpaired) electrons. The van der Waals surface area contributed by atoms with Crippen LogP contribution in [0.25, 0.3) is 11.3 Å². The number of nitrogens with one attached hydrogen (secondary N) is 1. The number of nitrogens with zero attached hydrogens (tertiary/aromatic N) is 3. The van der Waals surface area contributed by atoms with Gasteiger partial charge < -0.3 is 14.6 Å². The number of benzene rings is 1. The Morgan fingerprint density at radius 2 is 1.90 bits per heavy atom. The van der Waals surface area contributed by atoms with Gasteiger partial charge in [-0.25, -0.2) is 4.98 Å². The minimum absolute atomic E-state index is 0.0530. The molecule has 3 rings (SSSR count). The number of hydrogen-bond donors (Lipinski definition) is 1. The maximum atomic E-state index is 12.5. The Morgan fingerprint density at radius 3 is 2.59 bits per heavy atom. The highest BCUT2D eigenvalue weighted by Gasteiger charge is 2.23. The summed E-state index contributed by atoms with van der Waals surface area (Å²) in [7, 11) is 0. The van der Waals surface area contributed by atoms with E-state index in [-0.39, 0.29) is 17.9 Å². The third-order valence-electron chi connectivity index (χ3n) is 5.28. The summed E-state index contributed by atoms with van der Waals surface area (Å²) in [5, 5.41) is 2.98. The molecule has 1 aromatic heterocycles. The highest BCUT2D eigenvalue weighted by Crippen LogP contribution is 2.20. The van der Waals surface area contributed by atoms with Gasteiger partial charge in [-0.3, -0.25) is 14.5 Å². The van der Waals surface area contributed by atoms with E-state index in [4.69, 9.17) is 4.42 Å². The van der Waals surface area contributed by atoms with Crippen molar-refractivity contribution in [3.8, 4) is 11.3 Å². The zero-order valence-corrected chi connectivity index (χ0v) is 17.3. The van der Waals surface area contributed by atoms with Crippen molar-refractivity contribution in [3.63, 3.8) is 0 Å². The van der Waals surface area contributed by atoms with Gasteiger partial charge in [0.25, 0.3) is 0 Å². The lowest BCUT2D eigenvalue weighted by molar-refractivity contribution is -0.133. The molecule has 1 N–H and O–H groups in total. The average molecular weight is 399 g/mol. The second kappa shape index (κ2) is 10.2. The van der Waals surface area contributed by atoms with Gasteiger partial charge in [0.05, 0.1) is 12.7 Å². The van der Waals surface area contributed by atoms with Gasteiger partial charge in [0.15, 0.2) is 11.7 Å². The van der Waals surface area contributed by atoms with Crippen LogP contribution < -0.4 is 5.32 Å². The Hall–Kier alpha value is -2.67. The van der Waals surface area contributed by atoms with Crippen molar-refractivity contribution < 1.29 is 14.0 Å². The molecule has 0 spiro atoms. The monoisotopic (exact) mass is 398 g/mol. The van der Waals surface area contributed by atoms with E-state index in [2.05, 4.69) is 22.1 Å². The number of oxazole rings is 1. The molecule has 1 atom stereocenters. The normalized spacial score (nSPS) is 15.9. The van der Waals surface area contributed by atoms with Crippen LogP contribution in [-0.2, 0) is 16.0 Å². The standard InChI is InChI=1S/C22H30N4O3/c1-3-17(2)24-20(27)16-25-11-13-26(14-12-25)22(28)10-9-21-23-15-19(29-21)18-7-5-4-6-8-18/h4-8,15,17H,3,9-14,16H2,1-2H3,(H,24,27). The number of carbonyl (C=O) groups is 2. The predicted molar refractivity (Wildman–Crippen MR) is 111 cm³/mol. The third kappa shape index (κ3) is 6.15. The molecule has 1 saturated heterocycles. The summed E-state index contributed by atoms with van der Waals surface area (Å²) < 4.78 is 5.77. The van der Waals surface area contributed by atoms with Crippen molar-refractivity contribution in [1.29, 1.82) is 0 Å². The van der Waals surface area contributed by atoms with E-state index in [0.717, 1.165) is 30.8 Å². The summed E-state index contributed by atoms with van der Waals surface area (Å²) in [6, 6.07) is 10.00. The number of rotatable bonds is 8. The van der Waals surface area contributed by atoms with Crippen molar-refractivity contribution in [2.75, 3.05) is 32.7 Å². The fourth-order valence-electron chi connectivity index (χ4n) is 3.31. The molecule has 1 aliphatic rings. The summed E-state index contributed by atoms with van der Waals surface area (Å²) in [5.74, 6) is 1.46. The van der Waals surface area contributed by atoms with Crippen molar-refractivity contribution in [2.45, 2.75) is 39.2 Å². The van der Waals surface area contributed by atoms with Crippen LogP contribution in [0.4, 0.5) is 0 Å². The molecule has 1 fully saturated rings. The van der Waals surface area contributed by atoms with Gasteiger partial charge in [0.1, 0.15) is 0 Å². The van der Waals surface area contributed by atoms with Crippen molar-refractivity contribution in [3.05, 3.63) is 42.4 Å². The molecule has 2 heterocycles. The molecule has 1 aliphatic heterocycles. The topological polar surface area (TPSA) is 78.7 Å². The molecule has 2 amide bonds. The Labute approximate surface area is 172 Å². The lowest BCUT2D eigenvalue weighted by Gasteiger charge is -2.34. The first-order chi connectivity index (χ1) is 14.0. The highest BCUT2D eigenvalue weighted by molar-refractivity contribution is 5.78. The largest absolute Gasteiger partial charge is 0.441 e. The Morgan fingerprint density at radius 1 is 1.17 bits per heavy atom. The molecule has 0 aliphatic carbocycles. The van der Waals surface area contributed by atoms with Gasteiger partial charge in [0, 0.05) is 50.6 Å². The van der Waals surface area contributed by atoms with Crippen LogP contribution in [0.3, 0.4) is 0 Å². The Kier molecular flexibility index (Phi) is 7.41. The molecule has 29 heavy (non-hydrogen) atoms. The zero-order chi connectivity index (χ0) is 20.6. The van der Waals surface area contributed by atoms with Crippen LogP contribution in [-0.4, -0.2) is 65.4 Å². The minimum Gasteiger partial charge on any atom is -0.441 e. The molecule has 156 valence electrons. The number of aryl methyl sites for hydroxylation is 1. The summed E-state index contributed by atoms with van der Waals surface area (Å²) in [5.41, 5.74) is 0.978. The number of amides is 2. The first-order valence-corrected chi connectivity index (χ1v) is 10.3. The smallest absolute Gasteiger partial charge is 0.234 e. The van der Waals surface area contributed by atoms with Crippen LogP contribution in [0.1, 0.15) is 32.6 Å². The number of hydrogen-bond acceptors (Lipinski definition) is 5. The number of carbonyl (C=O) groups excluding carboxylic acids is 2. The molecular formula is C22H30N4O3. The van der Waals surface area contributed by atoms with Crippen LogP contribution in [0.5, 0.6) is 0 Å². The van der Waals surface area contributed by atoms with E-state index >= 15 is 0 Å². The zero-order valence-electron chi connectivity index (χ0n) is 17.3. The van der Waals surface area contributed by atoms with Gasteiger partial charge >= 0.3 is 0 Å². The molecule has 0 saturated carbocycles. The maximum Gasteiger partial charge on any atom is 0.234 e. The summed E-state index contributed by atoms with van der Waals surface area (Å²) in [6.07, 6.45) is 3.50. The minimum atomic E-state index is 0.0530. The van der Waals surface area contributed by atoms with E-state index in [0.29, 0.717) is 38.4 Å². The van der Waals surface area contributed by atoms with E-state index in [1.807, 2.05) is 42.2 Å². The summed E-state index contributed by atoms with van der Waals surface area (Å²) >= 11 is 0. The van der Waals surface area contributed by atoms with Crippen LogP contribution in [0.15, 0.2) is 40.9 Å². The fourth-order valence-corrected chi connectivity index (χ4v) is 3.31. The number of piperazine rings is 1. The molecule has 0 bridgehead atoms. The summed E-state index contributed by atoms with van der Waals surface area (Å²) in [6.45, 7) is 7.19. The Bertz CT molecular complexity index is 797. The molecule has 7 nitrogen and oxygen atoms in total. The van der Waals surface area contributed by atoms with Crippen LogP contribution >= 0.6 is 0 Å². The quantitative estimate of drug-likeness (QED) is 0.738. The van der Waals surface area contributed by atoms with Crippen LogP contribution in [0, 0.1) is 0 Å². The number of aromatic nitrogens is 1. The molecule has 2 aromatic rings. The van der Waals surface area contributed by atoms with Crippen molar-refractivity contribution >= 4 is 11.8 Å². The molecule has 1 aromatic carbocycles. The van der Waals surface area contributed by atoms with E-state index in [9.17, 15) is 9.59 Å². The Balaban J connectivity index is 1.40. The van der Waals surface area contributed by atoms with E-state index in [1.165, 1.54) is 0 Å². The van der Waals surface area contributed by atoms with Gasteiger partial charge in [-0.2, -0.15) is 0 Å². The molecule has 7 heteroatoms. The first kappa shape index (κ1) is 21.0. The average Bonchev–Trinajstić information content (AvgIpc) is 3.22. The second-order valence-electron chi connectivity index (χ2n) is 7.52. The SMILES string of the molecule is CCC(C)NC(=O)CN1CCN(C(=O)CCc2ncc(-c3ccccc3)o2)CC1. The predicted octanol–water partition coefficient (Wildman–Crippen LogP) is 2.33. The van der Waals surface area contributed by atoms with E-state index < -0.39 is 0 Å². The van der Waals surface area contributed by atoms with E-state index in [1.54, 1.807) is 6.20 Å². The highest BCUT2D eigenvalue weighted by atomic mass is 16.4. The van der Waals surface area contributed by atoms with Gasteiger partial charge in [0.2, 0.25) is 11.8 Å². The fraction of sp³-hybridized carbons (Fsp3) is 0.500. The maximum absolute atomic E-state index is 12.5. The lowest BCUT2D eigenvalue weighted by Crippen LogP contribution is -2.51. The van der Waals surface area contributed by atoms with Crippen molar-refractivity contribution in [1.82, 2.24) is 20.1 Å². The van der Waals surface area contributed by atoms with Crippen molar-refractivity contribution in [2.24, 2.45) is 0 Å². The third-order valence-corrected chi connectivity index (χ3v) is 5.28. The summed E-state index contributed by atoms with van der Waals surface area (Å²) in [4.78, 5) is 32.8. The second-order valence-corrected chi connectivity index (χ2v) is 7.52. The molecular weight excluding hydrogens is 368 g/mol. The lowest BCUT2D eigenvalue weighted by atomic mass is 10.2. The first-order valence-electron chi connectivity index (χ1n) is 10.3. The van der Waals surface area contributed by atoms with Gasteiger partial charge in [-0.1, -0.05) is 37.3 Å². The molecule has 1 unspecified atom stereocenters. The van der Waals surface area contributed by atoms with Gasteiger partial charge in [-0.15, -0.1) is 0 Å². The van der Waals surface area contributed by atoms with Crippen LogP contribution in [0.2, 0.25) is 0 Å². The van der Waals surface area contributed by atoms with Gasteiger partial charge in [-0.05, 0) is 13.3 Å².